The fourth-order valence-electron chi connectivity index (χ4n) is 1.09. The molecule has 1 aromatic rings. The monoisotopic (exact) mass is 169 g/mol. The van der Waals surface area contributed by atoms with Crippen LogP contribution in [0.5, 0.6) is 0 Å². The lowest BCUT2D eigenvalue weighted by atomic mass is 10.3. The molecule has 1 aliphatic carbocycles. The van der Waals surface area contributed by atoms with Crippen molar-refractivity contribution in [2.45, 2.75) is 30.2 Å². The highest BCUT2D eigenvalue weighted by Gasteiger charge is 2.28. The highest BCUT2D eigenvalue weighted by molar-refractivity contribution is 7.99. The summed E-state index contributed by atoms with van der Waals surface area (Å²) in [6.45, 7) is 2.25. The number of H-pyrrole nitrogens is 1. The summed E-state index contributed by atoms with van der Waals surface area (Å²) < 4.78 is 0. The molecule has 4 heteroatoms. The van der Waals surface area contributed by atoms with E-state index in [1.165, 1.54) is 12.8 Å². The molecule has 0 saturated heterocycles. The molecule has 0 amide bonds. The van der Waals surface area contributed by atoms with Crippen LogP contribution in [-0.4, -0.2) is 20.4 Å². The standard InChI is InChI=1S/C7H11N3S/c1-5(6-2-3-6)11-7-8-4-9-10-7/h4-6H,2-3H2,1H3,(H,8,9,10). The summed E-state index contributed by atoms with van der Waals surface area (Å²) in [4.78, 5) is 4.06. The topological polar surface area (TPSA) is 41.6 Å². The van der Waals surface area contributed by atoms with Crippen molar-refractivity contribution in [2.24, 2.45) is 5.92 Å². The lowest BCUT2D eigenvalue weighted by Crippen LogP contribution is -1.98. The van der Waals surface area contributed by atoms with E-state index in [1.807, 2.05) is 0 Å². The zero-order chi connectivity index (χ0) is 7.68. The number of aromatic nitrogens is 3. The molecule has 60 valence electrons. The molecule has 1 heterocycles. The molecule has 11 heavy (non-hydrogen) atoms. The van der Waals surface area contributed by atoms with Crippen molar-refractivity contribution in [3.63, 3.8) is 0 Å². The van der Waals surface area contributed by atoms with Crippen molar-refractivity contribution >= 4 is 11.8 Å². The summed E-state index contributed by atoms with van der Waals surface area (Å²) in [5.74, 6) is 0.921. The Kier molecular flexibility index (Phi) is 1.85. The van der Waals surface area contributed by atoms with E-state index < -0.39 is 0 Å². The summed E-state index contributed by atoms with van der Waals surface area (Å²) >= 11 is 1.79. The minimum Gasteiger partial charge on any atom is -0.254 e. The lowest BCUT2D eigenvalue weighted by molar-refractivity contribution is 0.812. The predicted molar refractivity (Wildman–Crippen MR) is 44.4 cm³/mol. The van der Waals surface area contributed by atoms with E-state index in [0.29, 0.717) is 5.25 Å². The Morgan fingerprint density at radius 1 is 1.73 bits per heavy atom. The minimum atomic E-state index is 0.697. The summed E-state index contributed by atoms with van der Waals surface area (Å²) in [6, 6.07) is 0. The first-order chi connectivity index (χ1) is 5.36. The first kappa shape index (κ1) is 7.16. The van der Waals surface area contributed by atoms with Crippen molar-refractivity contribution in [1.82, 2.24) is 15.2 Å². The number of thioether (sulfide) groups is 1. The smallest absolute Gasteiger partial charge is 0.183 e. The summed E-state index contributed by atoms with van der Waals surface area (Å²) in [5, 5.41) is 8.30. The van der Waals surface area contributed by atoms with Crippen LogP contribution in [0.15, 0.2) is 11.5 Å². The van der Waals surface area contributed by atoms with Crippen LogP contribution in [0.1, 0.15) is 19.8 Å². The van der Waals surface area contributed by atoms with Gasteiger partial charge in [0.15, 0.2) is 5.16 Å². The fraction of sp³-hybridized carbons (Fsp3) is 0.714. The Bertz CT molecular complexity index is 218. The molecule has 0 bridgehead atoms. The molecule has 1 aliphatic rings. The maximum atomic E-state index is 4.06. The molecule has 1 aromatic heterocycles. The maximum absolute atomic E-state index is 4.06. The van der Waals surface area contributed by atoms with Crippen molar-refractivity contribution in [2.75, 3.05) is 0 Å². The number of hydrogen-bond acceptors (Lipinski definition) is 3. The van der Waals surface area contributed by atoms with Gasteiger partial charge in [-0.2, -0.15) is 5.10 Å². The number of nitrogens with one attached hydrogen (secondary N) is 1. The number of rotatable bonds is 3. The lowest BCUT2D eigenvalue weighted by Gasteiger charge is -2.04. The van der Waals surface area contributed by atoms with Crippen LogP contribution in [0.2, 0.25) is 0 Å². The first-order valence-electron chi connectivity index (χ1n) is 3.88. The van der Waals surface area contributed by atoms with Crippen molar-refractivity contribution in [3.05, 3.63) is 6.33 Å². The Balaban J connectivity index is 1.89. The molecule has 1 fully saturated rings. The van der Waals surface area contributed by atoms with Gasteiger partial charge in [-0.05, 0) is 18.8 Å². The normalized spacial score (nSPS) is 20.1. The van der Waals surface area contributed by atoms with Crippen LogP contribution in [-0.2, 0) is 0 Å². The summed E-state index contributed by atoms with van der Waals surface area (Å²) in [5.41, 5.74) is 0. The van der Waals surface area contributed by atoms with E-state index >= 15 is 0 Å². The van der Waals surface area contributed by atoms with E-state index in [-0.39, 0.29) is 0 Å². The molecule has 2 rings (SSSR count). The van der Waals surface area contributed by atoms with E-state index in [0.717, 1.165) is 11.1 Å². The molecular weight excluding hydrogens is 158 g/mol. The van der Waals surface area contributed by atoms with Crippen LogP contribution in [0.3, 0.4) is 0 Å². The van der Waals surface area contributed by atoms with Crippen LogP contribution < -0.4 is 0 Å². The second-order valence-electron chi connectivity index (χ2n) is 2.95. The number of aromatic amines is 1. The van der Waals surface area contributed by atoms with E-state index in [2.05, 4.69) is 22.1 Å². The fourth-order valence-corrected chi connectivity index (χ4v) is 2.12. The molecule has 1 unspecified atom stereocenters. The van der Waals surface area contributed by atoms with Crippen LogP contribution >= 0.6 is 11.8 Å². The van der Waals surface area contributed by atoms with Gasteiger partial charge in [0.25, 0.3) is 0 Å². The second-order valence-corrected chi connectivity index (χ2v) is 4.32. The second kappa shape index (κ2) is 2.85. The van der Waals surface area contributed by atoms with Gasteiger partial charge in [0, 0.05) is 5.25 Å². The Morgan fingerprint density at radius 2 is 2.55 bits per heavy atom. The zero-order valence-electron chi connectivity index (χ0n) is 6.45. The average Bonchev–Trinajstić information content (AvgIpc) is 2.73. The van der Waals surface area contributed by atoms with E-state index in [1.54, 1.807) is 18.1 Å². The van der Waals surface area contributed by atoms with Gasteiger partial charge in [-0.3, -0.25) is 5.10 Å². The van der Waals surface area contributed by atoms with Crippen LogP contribution in [0, 0.1) is 5.92 Å². The molecule has 0 spiro atoms. The third kappa shape index (κ3) is 1.74. The van der Waals surface area contributed by atoms with Crippen LogP contribution in [0.25, 0.3) is 0 Å². The van der Waals surface area contributed by atoms with E-state index in [9.17, 15) is 0 Å². The number of hydrogen-bond donors (Lipinski definition) is 1. The predicted octanol–water partition coefficient (Wildman–Crippen LogP) is 1.70. The van der Waals surface area contributed by atoms with Gasteiger partial charge in [0.2, 0.25) is 0 Å². The Morgan fingerprint density at radius 3 is 3.09 bits per heavy atom. The van der Waals surface area contributed by atoms with Gasteiger partial charge in [-0.1, -0.05) is 18.7 Å². The van der Waals surface area contributed by atoms with Crippen LogP contribution in [0.4, 0.5) is 0 Å². The molecule has 3 nitrogen and oxygen atoms in total. The van der Waals surface area contributed by atoms with Gasteiger partial charge >= 0.3 is 0 Å². The number of nitrogens with zero attached hydrogens (tertiary/aromatic N) is 2. The quantitative estimate of drug-likeness (QED) is 0.700. The Hall–Kier alpha value is -0.510. The molecule has 0 aromatic carbocycles. The maximum Gasteiger partial charge on any atom is 0.183 e. The van der Waals surface area contributed by atoms with E-state index in [4.69, 9.17) is 0 Å². The SMILES string of the molecule is CC(Sc1ncn[nH]1)C1CC1. The van der Waals surface area contributed by atoms with Gasteiger partial charge in [-0.15, -0.1) is 0 Å². The zero-order valence-corrected chi connectivity index (χ0v) is 7.27. The highest BCUT2D eigenvalue weighted by Crippen LogP contribution is 2.40. The molecule has 1 atom stereocenters. The van der Waals surface area contributed by atoms with Gasteiger partial charge in [-0.25, -0.2) is 4.98 Å². The first-order valence-corrected chi connectivity index (χ1v) is 4.76. The Labute approximate surface area is 70.0 Å². The molecule has 1 saturated carbocycles. The molecule has 0 radical (unpaired) electrons. The third-order valence-corrected chi connectivity index (χ3v) is 3.15. The minimum absolute atomic E-state index is 0.697. The largest absolute Gasteiger partial charge is 0.254 e. The third-order valence-electron chi connectivity index (χ3n) is 1.98. The molecule has 0 aliphatic heterocycles. The average molecular weight is 169 g/mol. The van der Waals surface area contributed by atoms with Gasteiger partial charge < -0.3 is 0 Å². The molecule has 1 N–H and O–H groups in total. The highest BCUT2D eigenvalue weighted by atomic mass is 32.2. The van der Waals surface area contributed by atoms with Crippen molar-refractivity contribution < 1.29 is 0 Å². The summed E-state index contributed by atoms with van der Waals surface area (Å²) in [6.07, 6.45) is 4.34. The van der Waals surface area contributed by atoms with Crippen molar-refractivity contribution in [3.8, 4) is 0 Å². The molecular formula is C7H11N3S. The van der Waals surface area contributed by atoms with Gasteiger partial charge in [0.05, 0.1) is 0 Å². The van der Waals surface area contributed by atoms with Crippen molar-refractivity contribution in [1.29, 1.82) is 0 Å². The van der Waals surface area contributed by atoms with Gasteiger partial charge in [0.1, 0.15) is 6.33 Å². The summed E-state index contributed by atoms with van der Waals surface area (Å²) in [7, 11) is 0.